The Hall–Kier alpha value is -2.27. The van der Waals surface area contributed by atoms with Crippen LogP contribution in [0, 0.1) is 0 Å². The lowest BCUT2D eigenvalue weighted by atomic mass is 10.2. The maximum atomic E-state index is 12.2. The largest absolute Gasteiger partial charge is 0.482 e. The zero-order valence-electron chi connectivity index (χ0n) is 11.5. The number of pyridine rings is 1. The van der Waals surface area contributed by atoms with E-state index >= 15 is 0 Å². The Kier molecular flexibility index (Phi) is 3.66. The third kappa shape index (κ3) is 2.64. The summed E-state index contributed by atoms with van der Waals surface area (Å²) in [5.74, 6) is 1.31. The fourth-order valence-corrected chi connectivity index (χ4v) is 2.48. The number of halogens is 1. The second kappa shape index (κ2) is 5.61. The van der Waals surface area contributed by atoms with Gasteiger partial charge in [0.1, 0.15) is 11.6 Å². The average Bonchev–Trinajstić information content (AvgIpc) is 2.50. The Bertz CT molecular complexity index is 690. The minimum Gasteiger partial charge on any atom is -0.482 e. The van der Waals surface area contributed by atoms with Gasteiger partial charge in [-0.1, -0.05) is 17.7 Å². The third-order valence-electron chi connectivity index (χ3n) is 3.32. The molecule has 0 unspecified atom stereocenters. The van der Waals surface area contributed by atoms with Gasteiger partial charge in [0.2, 0.25) is 0 Å². The molecule has 1 aliphatic heterocycles. The molecule has 3 rings (SSSR count). The molecule has 2 heterocycles. The molecule has 6 heteroatoms. The van der Waals surface area contributed by atoms with E-state index in [4.69, 9.17) is 16.3 Å². The van der Waals surface area contributed by atoms with Crippen LogP contribution in [0.3, 0.4) is 0 Å². The van der Waals surface area contributed by atoms with Gasteiger partial charge in [-0.25, -0.2) is 4.98 Å². The molecule has 108 valence electrons. The molecule has 1 aromatic carbocycles. The lowest BCUT2D eigenvalue weighted by molar-refractivity contribution is -0.121. The number of anilines is 2. The molecule has 0 radical (unpaired) electrons. The van der Waals surface area contributed by atoms with E-state index in [-0.39, 0.29) is 12.5 Å². The summed E-state index contributed by atoms with van der Waals surface area (Å²) in [6.07, 6.45) is 1.71. The van der Waals surface area contributed by atoms with Crippen molar-refractivity contribution in [1.82, 2.24) is 4.98 Å². The van der Waals surface area contributed by atoms with Crippen molar-refractivity contribution in [2.45, 2.75) is 6.54 Å². The summed E-state index contributed by atoms with van der Waals surface area (Å²) >= 11 is 6.03. The number of nitrogens with zero attached hydrogens (tertiary/aromatic N) is 2. The van der Waals surface area contributed by atoms with Gasteiger partial charge >= 0.3 is 0 Å². The minimum absolute atomic E-state index is 0.0315. The Labute approximate surface area is 127 Å². The van der Waals surface area contributed by atoms with Crippen molar-refractivity contribution >= 4 is 29.0 Å². The van der Waals surface area contributed by atoms with Crippen LogP contribution in [0.4, 0.5) is 11.5 Å². The van der Waals surface area contributed by atoms with E-state index in [1.165, 1.54) is 0 Å². The number of aromatic nitrogens is 1. The number of benzene rings is 1. The molecule has 0 saturated carbocycles. The molecule has 1 amide bonds. The van der Waals surface area contributed by atoms with Crippen molar-refractivity contribution in [2.24, 2.45) is 0 Å². The van der Waals surface area contributed by atoms with Crippen LogP contribution < -0.4 is 15.0 Å². The quantitative estimate of drug-likeness (QED) is 0.947. The lowest BCUT2D eigenvalue weighted by Gasteiger charge is -2.30. The summed E-state index contributed by atoms with van der Waals surface area (Å²) in [4.78, 5) is 18.1. The average molecular weight is 304 g/mol. The van der Waals surface area contributed by atoms with Crippen molar-refractivity contribution in [3.63, 3.8) is 0 Å². The highest BCUT2D eigenvalue weighted by atomic mass is 35.5. The van der Waals surface area contributed by atoms with E-state index in [2.05, 4.69) is 10.3 Å². The minimum atomic E-state index is -0.101. The van der Waals surface area contributed by atoms with E-state index in [0.717, 1.165) is 11.4 Å². The van der Waals surface area contributed by atoms with Gasteiger partial charge in [0.15, 0.2) is 6.61 Å². The molecular weight excluding hydrogens is 290 g/mol. The highest BCUT2D eigenvalue weighted by Gasteiger charge is 2.26. The molecule has 1 aromatic heterocycles. The summed E-state index contributed by atoms with van der Waals surface area (Å²) in [7, 11) is 1.80. The van der Waals surface area contributed by atoms with Crippen LogP contribution in [-0.2, 0) is 11.3 Å². The summed E-state index contributed by atoms with van der Waals surface area (Å²) in [5.41, 5.74) is 1.62. The molecule has 0 fully saturated rings. The van der Waals surface area contributed by atoms with E-state index in [1.807, 2.05) is 12.1 Å². The van der Waals surface area contributed by atoms with Crippen molar-refractivity contribution in [2.75, 3.05) is 23.9 Å². The van der Waals surface area contributed by atoms with Crippen molar-refractivity contribution in [1.29, 1.82) is 0 Å². The first-order chi connectivity index (χ1) is 10.2. The van der Waals surface area contributed by atoms with Crippen LogP contribution in [0.5, 0.6) is 5.75 Å². The number of ether oxygens (including phenoxy) is 1. The number of carbonyl (C=O) groups is 1. The van der Waals surface area contributed by atoms with Gasteiger partial charge in [0, 0.05) is 23.8 Å². The fourth-order valence-electron chi connectivity index (χ4n) is 2.31. The van der Waals surface area contributed by atoms with Gasteiger partial charge in [-0.2, -0.15) is 0 Å². The first-order valence-corrected chi connectivity index (χ1v) is 6.91. The summed E-state index contributed by atoms with van der Waals surface area (Å²) < 4.78 is 5.43. The van der Waals surface area contributed by atoms with Gasteiger partial charge in [0.25, 0.3) is 5.91 Å². The zero-order chi connectivity index (χ0) is 14.8. The van der Waals surface area contributed by atoms with Gasteiger partial charge in [-0.3, -0.25) is 4.79 Å². The molecule has 0 spiro atoms. The number of hydrogen-bond acceptors (Lipinski definition) is 4. The van der Waals surface area contributed by atoms with Gasteiger partial charge < -0.3 is 15.0 Å². The number of carbonyl (C=O) groups excluding carboxylic acids is 1. The van der Waals surface area contributed by atoms with Gasteiger partial charge in [-0.05, 0) is 24.3 Å². The summed E-state index contributed by atoms with van der Waals surface area (Å²) in [6, 6.07) is 9.05. The molecule has 0 aliphatic carbocycles. The number of hydrogen-bond donors (Lipinski definition) is 1. The number of nitrogens with one attached hydrogen (secondary N) is 1. The monoisotopic (exact) mass is 303 g/mol. The maximum absolute atomic E-state index is 12.2. The maximum Gasteiger partial charge on any atom is 0.265 e. The highest BCUT2D eigenvalue weighted by molar-refractivity contribution is 6.31. The van der Waals surface area contributed by atoms with Crippen molar-refractivity contribution in [3.05, 3.63) is 47.1 Å². The Morgan fingerprint density at radius 3 is 3.10 bits per heavy atom. The predicted octanol–water partition coefficient (Wildman–Crippen LogP) is 2.70. The van der Waals surface area contributed by atoms with E-state index in [0.29, 0.717) is 23.0 Å². The number of rotatable bonds is 3. The van der Waals surface area contributed by atoms with Gasteiger partial charge in [0.05, 0.1) is 12.2 Å². The first kappa shape index (κ1) is 13.7. The SMILES string of the molecule is CNc1ncccc1CN1C(=O)COc2ccc(Cl)cc21. The van der Waals surface area contributed by atoms with Crippen molar-refractivity contribution < 1.29 is 9.53 Å². The predicted molar refractivity (Wildman–Crippen MR) is 81.9 cm³/mol. The van der Waals surface area contributed by atoms with Crippen LogP contribution in [0.25, 0.3) is 0 Å². The molecule has 2 aromatic rings. The zero-order valence-corrected chi connectivity index (χ0v) is 12.2. The van der Waals surface area contributed by atoms with Crippen LogP contribution in [0.2, 0.25) is 5.02 Å². The van der Waals surface area contributed by atoms with Crippen LogP contribution in [0.15, 0.2) is 36.5 Å². The van der Waals surface area contributed by atoms with Gasteiger partial charge in [-0.15, -0.1) is 0 Å². The first-order valence-electron chi connectivity index (χ1n) is 6.53. The van der Waals surface area contributed by atoms with Crippen LogP contribution >= 0.6 is 11.6 Å². The topological polar surface area (TPSA) is 54.5 Å². The number of fused-ring (bicyclic) bond motifs is 1. The number of amides is 1. The molecule has 0 bridgehead atoms. The summed E-state index contributed by atoms with van der Waals surface area (Å²) in [6.45, 7) is 0.448. The van der Waals surface area contributed by atoms with Crippen LogP contribution in [0.1, 0.15) is 5.56 Å². The summed E-state index contributed by atoms with van der Waals surface area (Å²) in [5, 5.41) is 3.60. The molecule has 1 N–H and O–H groups in total. The molecule has 0 saturated heterocycles. The Morgan fingerprint density at radius 1 is 1.43 bits per heavy atom. The molecule has 21 heavy (non-hydrogen) atoms. The standard InChI is InChI=1S/C15H14ClN3O2/c1-17-15-10(3-2-6-18-15)8-19-12-7-11(16)4-5-13(12)21-9-14(19)20/h2-7H,8-9H2,1H3,(H,17,18). The molecule has 1 aliphatic rings. The normalized spacial score (nSPS) is 13.6. The molecular formula is C15H14ClN3O2. The Balaban J connectivity index is 1.98. The smallest absolute Gasteiger partial charge is 0.265 e. The van der Waals surface area contributed by atoms with Crippen molar-refractivity contribution in [3.8, 4) is 5.75 Å². The lowest BCUT2D eigenvalue weighted by Crippen LogP contribution is -2.38. The molecule has 0 atom stereocenters. The third-order valence-corrected chi connectivity index (χ3v) is 3.56. The van der Waals surface area contributed by atoms with E-state index in [1.54, 1.807) is 36.3 Å². The Morgan fingerprint density at radius 2 is 2.29 bits per heavy atom. The van der Waals surface area contributed by atoms with Crippen LogP contribution in [-0.4, -0.2) is 24.5 Å². The van der Waals surface area contributed by atoms with E-state index in [9.17, 15) is 4.79 Å². The molecule has 5 nitrogen and oxygen atoms in total. The fraction of sp³-hybridized carbons (Fsp3) is 0.200. The van der Waals surface area contributed by atoms with E-state index < -0.39 is 0 Å². The highest BCUT2D eigenvalue weighted by Crippen LogP contribution is 2.35. The second-order valence-electron chi connectivity index (χ2n) is 4.64. The second-order valence-corrected chi connectivity index (χ2v) is 5.08.